The van der Waals surface area contributed by atoms with E-state index in [4.69, 9.17) is 4.74 Å². The SMILES string of the molecule is COCCCNC(=O)c1nc(C(=O)Nc2ccccc2F)c2n1CCCC2. The van der Waals surface area contributed by atoms with Crippen molar-refractivity contribution in [2.75, 3.05) is 25.6 Å². The molecule has 0 fully saturated rings. The van der Waals surface area contributed by atoms with Gasteiger partial charge in [-0.15, -0.1) is 0 Å². The highest BCUT2D eigenvalue weighted by atomic mass is 19.1. The molecule has 2 amide bonds. The average Bonchev–Trinajstić information content (AvgIpc) is 3.07. The van der Waals surface area contributed by atoms with E-state index in [1.165, 1.54) is 12.1 Å². The van der Waals surface area contributed by atoms with E-state index in [1.54, 1.807) is 23.8 Å². The highest BCUT2D eigenvalue weighted by molar-refractivity contribution is 6.05. The summed E-state index contributed by atoms with van der Waals surface area (Å²) in [5.74, 6) is -1.13. The molecule has 0 saturated heterocycles. The molecular weight excluding hydrogens is 351 g/mol. The zero-order valence-corrected chi connectivity index (χ0v) is 15.3. The van der Waals surface area contributed by atoms with Crippen molar-refractivity contribution in [2.45, 2.75) is 32.2 Å². The summed E-state index contributed by atoms with van der Waals surface area (Å²) in [6, 6.07) is 5.95. The van der Waals surface area contributed by atoms with E-state index in [0.29, 0.717) is 32.5 Å². The van der Waals surface area contributed by atoms with Crippen molar-refractivity contribution in [3.8, 4) is 0 Å². The molecule has 0 atom stereocenters. The van der Waals surface area contributed by atoms with Gasteiger partial charge in [0.1, 0.15) is 5.82 Å². The first-order chi connectivity index (χ1) is 13.1. The van der Waals surface area contributed by atoms with Crippen LogP contribution in [0.2, 0.25) is 0 Å². The zero-order chi connectivity index (χ0) is 19.2. The minimum Gasteiger partial charge on any atom is -0.385 e. The van der Waals surface area contributed by atoms with Crippen LogP contribution in [0.15, 0.2) is 24.3 Å². The van der Waals surface area contributed by atoms with Gasteiger partial charge in [-0.05, 0) is 37.8 Å². The van der Waals surface area contributed by atoms with Gasteiger partial charge in [0.25, 0.3) is 11.8 Å². The standard InChI is InChI=1S/C19H23FN4O3/c1-27-12-6-10-21-19(26)17-23-16(15-9-4-5-11-24(15)17)18(25)22-14-8-3-2-7-13(14)20/h2-3,7-8H,4-6,9-12H2,1H3,(H,21,26)(H,22,25). The number of carbonyl (C=O) groups excluding carboxylic acids is 2. The molecule has 0 aliphatic carbocycles. The maximum Gasteiger partial charge on any atom is 0.287 e. The topological polar surface area (TPSA) is 85.2 Å². The average molecular weight is 374 g/mol. The summed E-state index contributed by atoms with van der Waals surface area (Å²) in [6.07, 6.45) is 3.18. The molecule has 27 heavy (non-hydrogen) atoms. The zero-order valence-electron chi connectivity index (χ0n) is 15.3. The monoisotopic (exact) mass is 374 g/mol. The molecular formula is C19H23FN4O3. The molecule has 0 bridgehead atoms. The van der Waals surface area contributed by atoms with Gasteiger partial charge in [-0.1, -0.05) is 12.1 Å². The number of rotatable bonds is 7. The van der Waals surface area contributed by atoms with Gasteiger partial charge < -0.3 is 19.9 Å². The van der Waals surface area contributed by atoms with Crippen molar-refractivity contribution >= 4 is 17.5 Å². The van der Waals surface area contributed by atoms with Crippen molar-refractivity contribution in [2.24, 2.45) is 0 Å². The predicted molar refractivity (Wildman–Crippen MR) is 98.3 cm³/mol. The highest BCUT2D eigenvalue weighted by Crippen LogP contribution is 2.22. The van der Waals surface area contributed by atoms with Crippen LogP contribution in [0.3, 0.4) is 0 Å². The predicted octanol–water partition coefficient (Wildman–Crippen LogP) is 2.38. The molecule has 8 heteroatoms. The van der Waals surface area contributed by atoms with Crippen LogP contribution in [-0.2, 0) is 17.7 Å². The number of hydrogen-bond acceptors (Lipinski definition) is 4. The number of hydrogen-bond donors (Lipinski definition) is 2. The van der Waals surface area contributed by atoms with Gasteiger partial charge in [-0.2, -0.15) is 0 Å². The largest absolute Gasteiger partial charge is 0.385 e. The molecule has 144 valence electrons. The Balaban J connectivity index is 1.81. The van der Waals surface area contributed by atoms with Crippen LogP contribution in [0.1, 0.15) is 46.1 Å². The highest BCUT2D eigenvalue weighted by Gasteiger charge is 2.27. The van der Waals surface area contributed by atoms with E-state index in [2.05, 4.69) is 15.6 Å². The number of nitrogens with one attached hydrogen (secondary N) is 2. The number of halogens is 1. The van der Waals surface area contributed by atoms with Crippen LogP contribution >= 0.6 is 0 Å². The van der Waals surface area contributed by atoms with Gasteiger partial charge >= 0.3 is 0 Å². The van der Waals surface area contributed by atoms with E-state index in [9.17, 15) is 14.0 Å². The number of imidazole rings is 1. The van der Waals surface area contributed by atoms with E-state index >= 15 is 0 Å². The molecule has 0 saturated carbocycles. The fourth-order valence-corrected chi connectivity index (χ4v) is 3.14. The summed E-state index contributed by atoms with van der Waals surface area (Å²) >= 11 is 0. The van der Waals surface area contributed by atoms with Crippen LogP contribution < -0.4 is 10.6 Å². The molecule has 1 aliphatic heterocycles. The van der Waals surface area contributed by atoms with Crippen molar-refractivity contribution in [1.29, 1.82) is 0 Å². The van der Waals surface area contributed by atoms with E-state index < -0.39 is 11.7 Å². The number of nitrogens with zero attached hydrogens (tertiary/aromatic N) is 2. The van der Waals surface area contributed by atoms with Crippen LogP contribution in [-0.4, -0.2) is 41.6 Å². The number of aromatic nitrogens is 2. The molecule has 0 unspecified atom stereocenters. The fraction of sp³-hybridized carbons (Fsp3) is 0.421. The maximum absolute atomic E-state index is 13.8. The van der Waals surface area contributed by atoms with Crippen LogP contribution in [0, 0.1) is 5.82 Å². The third kappa shape index (κ3) is 4.33. The minimum atomic E-state index is -0.518. The molecule has 1 aromatic heterocycles. The first-order valence-electron chi connectivity index (χ1n) is 9.04. The Bertz CT molecular complexity index is 834. The lowest BCUT2D eigenvalue weighted by Crippen LogP contribution is -2.29. The van der Waals surface area contributed by atoms with Crippen LogP contribution in [0.4, 0.5) is 10.1 Å². The van der Waals surface area contributed by atoms with Gasteiger partial charge in [0.2, 0.25) is 0 Å². The number of methoxy groups -OCH3 is 1. The second-order valence-corrected chi connectivity index (χ2v) is 6.38. The molecule has 0 radical (unpaired) electrons. The lowest BCUT2D eigenvalue weighted by atomic mass is 10.1. The molecule has 2 N–H and O–H groups in total. The summed E-state index contributed by atoms with van der Waals surface area (Å²) in [5, 5.41) is 5.35. The summed E-state index contributed by atoms with van der Waals surface area (Å²) in [5.41, 5.74) is 0.989. The van der Waals surface area contributed by atoms with Crippen LogP contribution in [0.25, 0.3) is 0 Å². The Hall–Kier alpha value is -2.74. The normalized spacial score (nSPS) is 13.1. The van der Waals surface area contributed by atoms with Crippen LogP contribution in [0.5, 0.6) is 0 Å². The Morgan fingerprint density at radius 2 is 2.07 bits per heavy atom. The van der Waals surface area contributed by atoms with Crippen molar-refractivity contribution in [3.63, 3.8) is 0 Å². The first kappa shape index (κ1) is 19.0. The molecule has 7 nitrogen and oxygen atoms in total. The summed E-state index contributed by atoms with van der Waals surface area (Å²) in [7, 11) is 1.60. The molecule has 1 aliphatic rings. The number of benzene rings is 1. The molecule has 3 rings (SSSR count). The summed E-state index contributed by atoms with van der Waals surface area (Å²) in [4.78, 5) is 29.5. The second-order valence-electron chi connectivity index (χ2n) is 6.38. The third-order valence-corrected chi connectivity index (χ3v) is 4.47. The number of ether oxygens (including phenoxy) is 1. The van der Waals surface area contributed by atoms with Crippen molar-refractivity contribution in [3.05, 3.63) is 47.3 Å². The Labute approximate surface area is 156 Å². The van der Waals surface area contributed by atoms with E-state index in [1.807, 2.05) is 0 Å². The number of fused-ring (bicyclic) bond motifs is 1. The fourth-order valence-electron chi connectivity index (χ4n) is 3.14. The van der Waals surface area contributed by atoms with Gasteiger partial charge in [0, 0.05) is 26.8 Å². The number of carbonyl (C=O) groups is 2. The summed E-state index contributed by atoms with van der Waals surface area (Å²) < 4.78 is 20.6. The number of para-hydroxylation sites is 1. The quantitative estimate of drug-likeness (QED) is 0.729. The van der Waals surface area contributed by atoms with Crippen molar-refractivity contribution < 1.29 is 18.7 Å². The first-order valence-corrected chi connectivity index (χ1v) is 9.04. The van der Waals surface area contributed by atoms with Gasteiger partial charge in [0.15, 0.2) is 11.5 Å². The lowest BCUT2D eigenvalue weighted by molar-refractivity contribution is 0.0932. The smallest absolute Gasteiger partial charge is 0.287 e. The second kappa shape index (κ2) is 8.77. The van der Waals surface area contributed by atoms with Gasteiger partial charge in [0.05, 0.1) is 11.4 Å². The number of anilines is 1. The molecule has 1 aromatic carbocycles. The Morgan fingerprint density at radius 1 is 1.26 bits per heavy atom. The van der Waals surface area contributed by atoms with E-state index in [-0.39, 0.29) is 23.1 Å². The Morgan fingerprint density at radius 3 is 2.85 bits per heavy atom. The third-order valence-electron chi connectivity index (χ3n) is 4.47. The van der Waals surface area contributed by atoms with Gasteiger partial charge in [-0.25, -0.2) is 9.37 Å². The van der Waals surface area contributed by atoms with Crippen molar-refractivity contribution in [1.82, 2.24) is 14.9 Å². The lowest BCUT2D eigenvalue weighted by Gasteiger charge is -2.17. The molecule has 0 spiro atoms. The Kier molecular flexibility index (Phi) is 6.18. The number of amides is 2. The molecule has 2 heterocycles. The summed E-state index contributed by atoms with van der Waals surface area (Å²) in [6.45, 7) is 1.65. The molecule has 2 aromatic rings. The van der Waals surface area contributed by atoms with E-state index in [0.717, 1.165) is 18.5 Å². The van der Waals surface area contributed by atoms with Gasteiger partial charge in [-0.3, -0.25) is 9.59 Å². The minimum absolute atomic E-state index is 0.0885. The maximum atomic E-state index is 13.8.